The number of esters is 1. The molecule has 0 saturated heterocycles. The third-order valence-corrected chi connectivity index (χ3v) is 3.47. The van der Waals surface area contributed by atoms with E-state index >= 15 is 0 Å². The molecule has 0 spiro atoms. The second-order valence-electron chi connectivity index (χ2n) is 5.36. The monoisotopic (exact) mass is 379 g/mol. The molecule has 0 aliphatic carbocycles. The summed E-state index contributed by atoms with van der Waals surface area (Å²) in [5, 5.41) is 0. The van der Waals surface area contributed by atoms with Crippen molar-refractivity contribution in [1.29, 1.82) is 0 Å². The van der Waals surface area contributed by atoms with Crippen molar-refractivity contribution < 1.29 is 40.4 Å². The van der Waals surface area contributed by atoms with E-state index in [-0.39, 0.29) is 5.56 Å². The number of benzene rings is 1. The number of rotatable bonds is 6. The molecule has 1 aromatic carbocycles. The van der Waals surface area contributed by atoms with Gasteiger partial charge in [-0.05, 0) is 32.0 Å². The number of hydrogen-bond donors (Lipinski definition) is 0. The van der Waals surface area contributed by atoms with Crippen molar-refractivity contribution >= 4 is 16.1 Å². The molecule has 0 aliphatic heterocycles. The Morgan fingerprint density at radius 3 is 2.40 bits per heavy atom. The van der Waals surface area contributed by atoms with Crippen LogP contribution in [0.15, 0.2) is 18.2 Å². The Hall–Kier alpha value is -2.25. The molecule has 6 nitrogen and oxygen atoms in total. The zero-order valence-electron chi connectivity index (χ0n) is 13.2. The minimum Gasteiger partial charge on any atom is -0.748 e. The zero-order chi connectivity index (χ0) is 19.5. The van der Waals surface area contributed by atoms with E-state index in [2.05, 4.69) is 10.7 Å². The maximum absolute atomic E-state index is 13.0. The van der Waals surface area contributed by atoms with Gasteiger partial charge in [-0.2, -0.15) is 13.2 Å². The van der Waals surface area contributed by atoms with Crippen molar-refractivity contribution in [2.75, 3.05) is 12.4 Å². The number of carbonyl (C=O) groups is 1. The predicted octanol–water partition coefficient (Wildman–Crippen LogP) is 2.20. The lowest BCUT2D eigenvalue weighted by Crippen LogP contribution is -2.27. The van der Waals surface area contributed by atoms with Crippen molar-refractivity contribution in [3.63, 3.8) is 0 Å². The molecule has 0 aliphatic rings. The van der Waals surface area contributed by atoms with Crippen LogP contribution in [0, 0.1) is 12.3 Å². The summed E-state index contributed by atoms with van der Waals surface area (Å²) in [6, 6.07) is 2.24. The zero-order valence-corrected chi connectivity index (χ0v) is 14.0. The van der Waals surface area contributed by atoms with Crippen LogP contribution in [-0.2, 0) is 21.0 Å². The van der Waals surface area contributed by atoms with Crippen LogP contribution in [0.2, 0.25) is 0 Å². The largest absolute Gasteiger partial charge is 0.748 e. The lowest BCUT2D eigenvalue weighted by molar-refractivity contribution is -0.139. The number of hydrogen-bond acceptors (Lipinski definition) is 6. The van der Waals surface area contributed by atoms with Crippen LogP contribution in [0.3, 0.4) is 0 Å². The third kappa shape index (κ3) is 6.64. The van der Waals surface area contributed by atoms with Crippen LogP contribution in [0.4, 0.5) is 13.2 Å². The van der Waals surface area contributed by atoms with Crippen LogP contribution in [0.5, 0.6) is 5.75 Å². The molecule has 0 atom stereocenters. The average molecular weight is 379 g/mol. The molecule has 0 heterocycles. The first-order valence-electron chi connectivity index (χ1n) is 6.74. The Morgan fingerprint density at radius 1 is 1.32 bits per heavy atom. The predicted molar refractivity (Wildman–Crippen MR) is 79.8 cm³/mol. The standard InChI is InChI=1S/C15H15F3O6S/c1-4-14(2,3)24-12-9-10(5-6-11(12)15(16,17)18)13(19)23-7-8-25(20,21)22/h1,5-6,9H,7-8H2,2-3H3,(H,20,21,22)/p-1. The van der Waals surface area contributed by atoms with E-state index in [0.29, 0.717) is 6.07 Å². The molecule has 0 amide bonds. The molecule has 1 rings (SSSR count). The smallest absolute Gasteiger partial charge is 0.419 e. The molecule has 10 heteroatoms. The third-order valence-electron chi connectivity index (χ3n) is 2.80. The van der Waals surface area contributed by atoms with Gasteiger partial charge < -0.3 is 14.0 Å². The molecule has 0 aromatic heterocycles. The quantitative estimate of drug-likeness (QED) is 0.427. The van der Waals surface area contributed by atoms with E-state index < -0.39 is 51.5 Å². The minimum atomic E-state index is -4.75. The van der Waals surface area contributed by atoms with Crippen molar-refractivity contribution in [3.05, 3.63) is 29.3 Å². The van der Waals surface area contributed by atoms with Gasteiger partial charge in [0.2, 0.25) is 0 Å². The van der Waals surface area contributed by atoms with Crippen molar-refractivity contribution in [1.82, 2.24) is 0 Å². The Morgan fingerprint density at radius 2 is 1.92 bits per heavy atom. The number of alkyl halides is 3. The fourth-order valence-corrected chi connectivity index (χ4v) is 1.88. The lowest BCUT2D eigenvalue weighted by atomic mass is 10.1. The van der Waals surface area contributed by atoms with Gasteiger partial charge in [-0.15, -0.1) is 6.42 Å². The van der Waals surface area contributed by atoms with E-state index in [4.69, 9.17) is 11.2 Å². The first-order chi connectivity index (χ1) is 11.2. The molecule has 0 saturated carbocycles. The molecule has 0 unspecified atom stereocenters. The Kier molecular flexibility index (Phi) is 6.09. The van der Waals surface area contributed by atoms with Gasteiger partial charge in [-0.3, -0.25) is 0 Å². The topological polar surface area (TPSA) is 92.7 Å². The highest BCUT2D eigenvalue weighted by atomic mass is 32.2. The second-order valence-corrected chi connectivity index (χ2v) is 6.89. The first kappa shape index (κ1) is 20.8. The van der Waals surface area contributed by atoms with E-state index in [1.54, 1.807) is 0 Å². The molecule has 0 N–H and O–H groups in total. The number of terminal acetylenes is 1. The van der Waals surface area contributed by atoms with Crippen molar-refractivity contribution in [3.8, 4) is 18.1 Å². The highest BCUT2D eigenvalue weighted by Crippen LogP contribution is 2.38. The van der Waals surface area contributed by atoms with Gasteiger partial charge in [0.05, 0.1) is 27.0 Å². The Labute approximate surface area is 142 Å². The van der Waals surface area contributed by atoms with Crippen molar-refractivity contribution in [2.24, 2.45) is 0 Å². The summed E-state index contributed by atoms with van der Waals surface area (Å²) in [4.78, 5) is 11.8. The van der Waals surface area contributed by atoms with Crippen LogP contribution < -0.4 is 4.74 Å². The maximum atomic E-state index is 13.0. The summed E-state index contributed by atoms with van der Waals surface area (Å²) in [5.41, 5.74) is -2.84. The molecule has 0 radical (unpaired) electrons. The molecule has 1 aromatic rings. The Balaban J connectivity index is 3.11. The average Bonchev–Trinajstić information content (AvgIpc) is 2.44. The van der Waals surface area contributed by atoms with E-state index in [0.717, 1.165) is 12.1 Å². The summed E-state index contributed by atoms with van der Waals surface area (Å²) in [7, 11) is -4.59. The summed E-state index contributed by atoms with van der Waals surface area (Å²) < 4.78 is 80.1. The molecular weight excluding hydrogens is 365 g/mol. The van der Waals surface area contributed by atoms with Gasteiger partial charge in [0.15, 0.2) is 5.60 Å². The summed E-state index contributed by atoms with van der Waals surface area (Å²) in [6.45, 7) is 1.99. The highest BCUT2D eigenvalue weighted by Gasteiger charge is 2.36. The minimum absolute atomic E-state index is 0.320. The van der Waals surface area contributed by atoms with Crippen LogP contribution in [0.1, 0.15) is 29.8 Å². The van der Waals surface area contributed by atoms with Crippen LogP contribution in [0.25, 0.3) is 0 Å². The molecule has 0 bridgehead atoms. The van der Waals surface area contributed by atoms with Crippen molar-refractivity contribution in [2.45, 2.75) is 25.6 Å². The second kappa shape index (κ2) is 7.33. The highest BCUT2D eigenvalue weighted by molar-refractivity contribution is 7.85. The van der Waals surface area contributed by atoms with Crippen LogP contribution >= 0.6 is 0 Å². The molecule has 25 heavy (non-hydrogen) atoms. The van der Waals surface area contributed by atoms with Gasteiger partial charge in [0.1, 0.15) is 12.4 Å². The number of ether oxygens (including phenoxy) is 2. The summed E-state index contributed by atoms with van der Waals surface area (Å²) in [6.07, 6.45) is 0.432. The SMILES string of the molecule is C#CC(C)(C)Oc1cc(C(=O)OCCS(=O)(=O)[O-])ccc1C(F)(F)F. The molecular formula is C15H14F3O6S-. The summed E-state index contributed by atoms with van der Waals surface area (Å²) >= 11 is 0. The van der Waals surface area contributed by atoms with Gasteiger partial charge in [0, 0.05) is 0 Å². The fourth-order valence-electron chi connectivity index (χ4n) is 1.59. The Bertz CT molecular complexity index is 790. The van der Waals surface area contributed by atoms with Gasteiger partial charge in [-0.25, -0.2) is 13.2 Å². The summed E-state index contributed by atoms with van der Waals surface area (Å²) in [5.74, 6) is -0.580. The fraction of sp³-hybridized carbons (Fsp3) is 0.400. The number of halogens is 3. The molecule has 0 fully saturated rings. The normalized spacial score (nSPS) is 12.4. The van der Waals surface area contributed by atoms with E-state index in [1.807, 2.05) is 0 Å². The van der Waals surface area contributed by atoms with Gasteiger partial charge in [0.25, 0.3) is 0 Å². The van der Waals surface area contributed by atoms with Gasteiger partial charge in [-0.1, -0.05) is 5.92 Å². The lowest BCUT2D eigenvalue weighted by Gasteiger charge is -2.23. The van der Waals surface area contributed by atoms with E-state index in [1.165, 1.54) is 13.8 Å². The van der Waals surface area contributed by atoms with E-state index in [9.17, 15) is 30.9 Å². The molecule has 138 valence electrons. The first-order valence-corrected chi connectivity index (χ1v) is 8.31. The maximum Gasteiger partial charge on any atom is 0.419 e. The van der Waals surface area contributed by atoms with Crippen LogP contribution in [-0.4, -0.2) is 36.9 Å². The number of carbonyl (C=O) groups excluding carboxylic acids is 1. The van der Waals surface area contributed by atoms with Gasteiger partial charge >= 0.3 is 12.1 Å².